The molecule has 0 unspecified atom stereocenters. The molecule has 3 aromatic rings. The van der Waals surface area contributed by atoms with Crippen LogP contribution in [0.5, 0.6) is 11.5 Å². The smallest absolute Gasteiger partial charge is 0.262 e. The molecule has 0 atom stereocenters. The summed E-state index contributed by atoms with van der Waals surface area (Å²) in [6.07, 6.45) is 0. The van der Waals surface area contributed by atoms with Gasteiger partial charge < -0.3 is 14.8 Å². The second-order valence-corrected chi connectivity index (χ2v) is 5.78. The van der Waals surface area contributed by atoms with Gasteiger partial charge in [0.05, 0.1) is 11.6 Å². The minimum Gasteiger partial charge on any atom is -0.489 e. The molecular weight excluding hydrogens is 340 g/mol. The highest BCUT2D eigenvalue weighted by Gasteiger charge is 2.05. The molecule has 134 valence electrons. The largest absolute Gasteiger partial charge is 0.489 e. The quantitative estimate of drug-likeness (QED) is 0.688. The predicted molar refractivity (Wildman–Crippen MR) is 102 cm³/mol. The van der Waals surface area contributed by atoms with Crippen LogP contribution in [0.15, 0.2) is 78.9 Å². The standard InChI is InChI=1S/C22H18N2O3/c23-14-17-6-4-7-18(12-17)15-26-21-11-5-8-19(13-21)24-22(25)16-27-20-9-2-1-3-10-20/h1-13H,15-16H2,(H,24,25). The zero-order chi connectivity index (χ0) is 18.9. The lowest BCUT2D eigenvalue weighted by molar-refractivity contribution is -0.118. The third kappa shape index (κ3) is 5.62. The van der Waals surface area contributed by atoms with Crippen LogP contribution in [-0.4, -0.2) is 12.5 Å². The van der Waals surface area contributed by atoms with E-state index in [0.717, 1.165) is 5.56 Å². The Kier molecular flexibility index (Phi) is 6.05. The number of ether oxygens (including phenoxy) is 2. The van der Waals surface area contributed by atoms with E-state index in [1.807, 2.05) is 36.4 Å². The lowest BCUT2D eigenvalue weighted by Crippen LogP contribution is -2.20. The molecule has 27 heavy (non-hydrogen) atoms. The first-order chi connectivity index (χ1) is 13.2. The fraction of sp³-hybridized carbons (Fsp3) is 0.0909. The van der Waals surface area contributed by atoms with Crippen molar-refractivity contribution in [1.29, 1.82) is 5.26 Å². The molecule has 1 N–H and O–H groups in total. The number of carbonyl (C=O) groups is 1. The van der Waals surface area contributed by atoms with Crippen LogP contribution in [0.4, 0.5) is 5.69 Å². The van der Waals surface area contributed by atoms with Crippen molar-refractivity contribution in [2.75, 3.05) is 11.9 Å². The summed E-state index contributed by atoms with van der Waals surface area (Å²) < 4.78 is 11.2. The Morgan fingerprint density at radius 3 is 2.48 bits per heavy atom. The SMILES string of the molecule is N#Cc1cccc(COc2cccc(NC(=O)COc3ccccc3)c2)c1. The van der Waals surface area contributed by atoms with Crippen molar-refractivity contribution in [3.63, 3.8) is 0 Å². The average molecular weight is 358 g/mol. The molecule has 0 aliphatic rings. The van der Waals surface area contributed by atoms with E-state index in [1.54, 1.807) is 42.5 Å². The molecule has 0 radical (unpaired) electrons. The molecule has 0 heterocycles. The number of para-hydroxylation sites is 1. The molecule has 3 aromatic carbocycles. The van der Waals surface area contributed by atoms with E-state index in [9.17, 15) is 4.79 Å². The fourth-order valence-corrected chi connectivity index (χ4v) is 2.42. The van der Waals surface area contributed by atoms with Crippen LogP contribution in [0.2, 0.25) is 0 Å². The van der Waals surface area contributed by atoms with Crippen molar-refractivity contribution in [3.05, 3.63) is 90.0 Å². The van der Waals surface area contributed by atoms with Gasteiger partial charge in [0.1, 0.15) is 18.1 Å². The number of benzene rings is 3. The predicted octanol–water partition coefficient (Wildman–Crippen LogP) is 4.15. The molecule has 5 nitrogen and oxygen atoms in total. The summed E-state index contributed by atoms with van der Waals surface area (Å²) in [6, 6.07) is 25.7. The highest BCUT2D eigenvalue weighted by molar-refractivity contribution is 5.92. The molecule has 0 aromatic heterocycles. The number of carbonyl (C=O) groups excluding carboxylic acids is 1. The molecule has 0 aliphatic heterocycles. The van der Waals surface area contributed by atoms with Crippen molar-refractivity contribution in [3.8, 4) is 17.6 Å². The van der Waals surface area contributed by atoms with Gasteiger partial charge in [0.2, 0.25) is 0 Å². The average Bonchev–Trinajstić information content (AvgIpc) is 2.72. The van der Waals surface area contributed by atoms with Gasteiger partial charge >= 0.3 is 0 Å². The number of hydrogen-bond donors (Lipinski definition) is 1. The molecule has 0 saturated carbocycles. The monoisotopic (exact) mass is 358 g/mol. The van der Waals surface area contributed by atoms with Gasteiger partial charge in [0.15, 0.2) is 6.61 Å². The molecule has 3 rings (SSSR count). The molecule has 5 heteroatoms. The van der Waals surface area contributed by atoms with Crippen LogP contribution in [-0.2, 0) is 11.4 Å². The van der Waals surface area contributed by atoms with Gasteiger partial charge in [0, 0.05) is 11.8 Å². The maximum Gasteiger partial charge on any atom is 0.262 e. The van der Waals surface area contributed by atoms with Crippen LogP contribution in [0.3, 0.4) is 0 Å². The first-order valence-electron chi connectivity index (χ1n) is 8.42. The first kappa shape index (κ1) is 18.0. The molecule has 0 bridgehead atoms. The van der Waals surface area contributed by atoms with Gasteiger partial charge in [-0.05, 0) is 42.0 Å². The van der Waals surface area contributed by atoms with Crippen molar-refractivity contribution in [2.45, 2.75) is 6.61 Å². The zero-order valence-corrected chi connectivity index (χ0v) is 14.6. The summed E-state index contributed by atoms with van der Waals surface area (Å²) in [6.45, 7) is 0.264. The maximum absolute atomic E-state index is 12.0. The summed E-state index contributed by atoms with van der Waals surface area (Å²) in [5.74, 6) is 1.01. The fourth-order valence-electron chi connectivity index (χ4n) is 2.42. The van der Waals surface area contributed by atoms with Crippen molar-refractivity contribution in [1.82, 2.24) is 0 Å². The number of rotatable bonds is 7. The Bertz CT molecular complexity index is 949. The summed E-state index contributed by atoms with van der Waals surface area (Å²) in [5, 5.41) is 11.7. The number of hydrogen-bond acceptors (Lipinski definition) is 4. The summed E-state index contributed by atoms with van der Waals surface area (Å²) in [5.41, 5.74) is 2.12. The molecule has 0 aliphatic carbocycles. The van der Waals surface area contributed by atoms with Crippen LogP contribution < -0.4 is 14.8 Å². The number of nitrogens with zero attached hydrogens (tertiary/aromatic N) is 1. The second-order valence-electron chi connectivity index (χ2n) is 5.78. The zero-order valence-electron chi connectivity index (χ0n) is 14.6. The Morgan fingerprint density at radius 1 is 0.889 bits per heavy atom. The van der Waals surface area contributed by atoms with E-state index in [-0.39, 0.29) is 12.5 Å². The van der Waals surface area contributed by atoms with Crippen molar-refractivity contribution < 1.29 is 14.3 Å². The van der Waals surface area contributed by atoms with E-state index >= 15 is 0 Å². The lowest BCUT2D eigenvalue weighted by atomic mass is 10.1. The van der Waals surface area contributed by atoms with Crippen LogP contribution in [0, 0.1) is 11.3 Å². The molecule has 1 amide bonds. The van der Waals surface area contributed by atoms with Crippen LogP contribution >= 0.6 is 0 Å². The summed E-state index contributed by atoms with van der Waals surface area (Å²) >= 11 is 0. The molecule has 0 spiro atoms. The van der Waals surface area contributed by atoms with Gasteiger partial charge in [-0.1, -0.05) is 36.4 Å². The minimum atomic E-state index is -0.252. The third-order valence-corrected chi connectivity index (χ3v) is 3.69. The Balaban J connectivity index is 1.53. The van der Waals surface area contributed by atoms with E-state index in [0.29, 0.717) is 29.4 Å². The molecule has 0 saturated heterocycles. The van der Waals surface area contributed by atoms with Gasteiger partial charge in [0.25, 0.3) is 5.91 Å². The molecule has 0 fully saturated rings. The number of nitriles is 1. The van der Waals surface area contributed by atoms with E-state index in [1.165, 1.54) is 0 Å². The summed E-state index contributed by atoms with van der Waals surface area (Å²) in [4.78, 5) is 12.0. The number of amides is 1. The topological polar surface area (TPSA) is 71.3 Å². The lowest BCUT2D eigenvalue weighted by Gasteiger charge is -2.10. The third-order valence-electron chi connectivity index (χ3n) is 3.69. The van der Waals surface area contributed by atoms with Gasteiger partial charge in [-0.3, -0.25) is 4.79 Å². The van der Waals surface area contributed by atoms with Crippen molar-refractivity contribution in [2.24, 2.45) is 0 Å². The highest BCUT2D eigenvalue weighted by Crippen LogP contribution is 2.19. The molecular formula is C22H18N2O3. The van der Waals surface area contributed by atoms with Gasteiger partial charge in [-0.2, -0.15) is 5.26 Å². The van der Waals surface area contributed by atoms with Crippen LogP contribution in [0.25, 0.3) is 0 Å². The number of anilines is 1. The van der Waals surface area contributed by atoms with Gasteiger partial charge in [-0.25, -0.2) is 0 Å². The normalized spacial score (nSPS) is 9.89. The van der Waals surface area contributed by atoms with Crippen LogP contribution in [0.1, 0.15) is 11.1 Å². The van der Waals surface area contributed by atoms with E-state index in [2.05, 4.69) is 11.4 Å². The number of nitrogens with one attached hydrogen (secondary N) is 1. The Labute approximate surface area is 157 Å². The van der Waals surface area contributed by atoms with E-state index < -0.39 is 0 Å². The minimum absolute atomic E-state index is 0.0734. The second kappa shape index (κ2) is 9.07. The highest BCUT2D eigenvalue weighted by atomic mass is 16.5. The Hall–Kier alpha value is -3.78. The van der Waals surface area contributed by atoms with E-state index in [4.69, 9.17) is 14.7 Å². The maximum atomic E-state index is 12.0. The summed E-state index contributed by atoms with van der Waals surface area (Å²) in [7, 11) is 0. The first-order valence-corrected chi connectivity index (χ1v) is 8.42. The Morgan fingerprint density at radius 2 is 1.67 bits per heavy atom. The van der Waals surface area contributed by atoms with Crippen molar-refractivity contribution >= 4 is 11.6 Å². The van der Waals surface area contributed by atoms with Gasteiger partial charge in [-0.15, -0.1) is 0 Å².